The average molecular weight is 765 g/mol. The summed E-state index contributed by atoms with van der Waals surface area (Å²) in [6.45, 7) is 0. The molecular weight excluding hydrogens is 725 g/mol. The van der Waals surface area contributed by atoms with E-state index in [1.807, 2.05) is 0 Å². The molecule has 0 unspecified atom stereocenters. The largest absolute Gasteiger partial charge is 0.310 e. The van der Waals surface area contributed by atoms with Crippen LogP contribution in [0.15, 0.2) is 243 Å². The third kappa shape index (κ3) is 6.41. The molecular formula is C58H40N2. The highest BCUT2D eigenvalue weighted by atomic mass is 15.1. The first-order chi connectivity index (χ1) is 29.7. The molecule has 2 nitrogen and oxygen atoms in total. The van der Waals surface area contributed by atoms with Gasteiger partial charge < -0.3 is 9.47 Å². The molecule has 1 heterocycles. The number of para-hydroxylation sites is 2. The minimum absolute atomic E-state index is 1.09. The monoisotopic (exact) mass is 764 g/mol. The molecule has 10 aromatic carbocycles. The zero-order valence-electron chi connectivity index (χ0n) is 33.0. The Hall–Kier alpha value is -7.94. The molecule has 60 heavy (non-hydrogen) atoms. The molecule has 0 aliphatic carbocycles. The van der Waals surface area contributed by atoms with Crippen molar-refractivity contribution in [2.45, 2.75) is 0 Å². The normalized spacial score (nSPS) is 11.3. The Bertz CT molecular complexity index is 3310. The molecule has 0 N–H and O–H groups in total. The van der Waals surface area contributed by atoms with Crippen molar-refractivity contribution in [3.63, 3.8) is 0 Å². The summed E-state index contributed by atoms with van der Waals surface area (Å²) in [5.74, 6) is 0. The zero-order chi connectivity index (χ0) is 39.8. The van der Waals surface area contributed by atoms with Crippen LogP contribution in [0.3, 0.4) is 0 Å². The van der Waals surface area contributed by atoms with Gasteiger partial charge in [-0.25, -0.2) is 0 Å². The topological polar surface area (TPSA) is 8.17 Å². The third-order valence-corrected chi connectivity index (χ3v) is 11.7. The predicted molar refractivity (Wildman–Crippen MR) is 255 cm³/mol. The van der Waals surface area contributed by atoms with Gasteiger partial charge in [0.05, 0.1) is 11.0 Å². The molecule has 0 saturated carbocycles. The van der Waals surface area contributed by atoms with E-state index >= 15 is 0 Å². The Kier molecular flexibility index (Phi) is 8.87. The van der Waals surface area contributed by atoms with Crippen LogP contribution in [0.5, 0.6) is 0 Å². The van der Waals surface area contributed by atoms with Crippen molar-refractivity contribution in [3.05, 3.63) is 243 Å². The van der Waals surface area contributed by atoms with Gasteiger partial charge in [-0.05, 0) is 128 Å². The second-order valence-electron chi connectivity index (χ2n) is 15.4. The summed E-state index contributed by atoms with van der Waals surface area (Å²) in [6.07, 6.45) is 0. The van der Waals surface area contributed by atoms with Gasteiger partial charge in [-0.1, -0.05) is 170 Å². The van der Waals surface area contributed by atoms with E-state index in [4.69, 9.17) is 0 Å². The number of hydrogen-bond donors (Lipinski definition) is 0. The number of hydrogen-bond acceptors (Lipinski definition) is 1. The minimum atomic E-state index is 1.09. The summed E-state index contributed by atoms with van der Waals surface area (Å²) in [7, 11) is 0. The molecule has 0 aliphatic rings. The molecule has 0 aliphatic heterocycles. The number of rotatable bonds is 8. The summed E-state index contributed by atoms with van der Waals surface area (Å²) in [4.78, 5) is 2.38. The van der Waals surface area contributed by atoms with Crippen molar-refractivity contribution < 1.29 is 0 Å². The van der Waals surface area contributed by atoms with Crippen LogP contribution in [-0.2, 0) is 0 Å². The summed E-state index contributed by atoms with van der Waals surface area (Å²) in [6, 6.07) is 87.9. The van der Waals surface area contributed by atoms with Gasteiger partial charge in [-0.15, -0.1) is 0 Å². The minimum Gasteiger partial charge on any atom is -0.310 e. The first-order valence-electron chi connectivity index (χ1n) is 20.6. The molecule has 0 amide bonds. The van der Waals surface area contributed by atoms with E-state index < -0.39 is 0 Å². The molecule has 0 atom stereocenters. The molecule has 0 fully saturated rings. The fraction of sp³-hybridized carbons (Fsp3) is 0. The molecule has 1 aromatic heterocycles. The first kappa shape index (κ1) is 35.2. The highest BCUT2D eigenvalue weighted by Crippen LogP contribution is 2.42. The van der Waals surface area contributed by atoms with Crippen LogP contribution in [0.25, 0.3) is 82.8 Å². The van der Waals surface area contributed by atoms with E-state index in [9.17, 15) is 0 Å². The van der Waals surface area contributed by atoms with Gasteiger partial charge in [0.2, 0.25) is 0 Å². The van der Waals surface area contributed by atoms with Crippen molar-refractivity contribution in [2.75, 3.05) is 4.90 Å². The van der Waals surface area contributed by atoms with Gasteiger partial charge in [-0.2, -0.15) is 0 Å². The number of nitrogens with zero attached hydrogens (tertiary/aromatic N) is 2. The maximum absolute atomic E-state index is 2.39. The van der Waals surface area contributed by atoms with Gasteiger partial charge >= 0.3 is 0 Å². The molecule has 0 saturated heterocycles. The van der Waals surface area contributed by atoms with E-state index in [-0.39, 0.29) is 0 Å². The highest BCUT2D eigenvalue weighted by molar-refractivity contribution is 6.16. The van der Waals surface area contributed by atoms with Crippen LogP contribution >= 0.6 is 0 Å². The number of benzene rings is 10. The summed E-state index contributed by atoms with van der Waals surface area (Å²) >= 11 is 0. The van der Waals surface area contributed by atoms with Crippen LogP contribution < -0.4 is 4.90 Å². The van der Waals surface area contributed by atoms with Gasteiger partial charge in [0.15, 0.2) is 0 Å². The fourth-order valence-electron chi connectivity index (χ4n) is 8.88. The van der Waals surface area contributed by atoms with Gasteiger partial charge in [0, 0.05) is 33.5 Å². The SMILES string of the molecule is c1ccc(-c2cccc(N(c3ccc(-c4ccc5ccccc5c4)cc3)c3cccc(-c4cccc(-c5cccc6c5c5ccccc5n6-c5ccccc5)c4)c3)c2)cc1. The average Bonchev–Trinajstić information content (AvgIpc) is 3.67. The van der Waals surface area contributed by atoms with E-state index in [0.29, 0.717) is 0 Å². The molecule has 11 aromatic rings. The summed E-state index contributed by atoms with van der Waals surface area (Å²) < 4.78 is 2.39. The van der Waals surface area contributed by atoms with Crippen molar-refractivity contribution in [3.8, 4) is 50.2 Å². The summed E-state index contributed by atoms with van der Waals surface area (Å²) in [5, 5.41) is 5.01. The maximum Gasteiger partial charge on any atom is 0.0547 e. The van der Waals surface area contributed by atoms with Crippen LogP contribution in [0.1, 0.15) is 0 Å². The lowest BCUT2D eigenvalue weighted by Gasteiger charge is -2.27. The second-order valence-corrected chi connectivity index (χ2v) is 15.4. The summed E-state index contributed by atoms with van der Waals surface area (Å²) in [5.41, 5.74) is 16.4. The van der Waals surface area contributed by atoms with Crippen LogP contribution in [0.4, 0.5) is 17.1 Å². The van der Waals surface area contributed by atoms with E-state index in [1.54, 1.807) is 0 Å². The van der Waals surface area contributed by atoms with Crippen LogP contribution in [0, 0.1) is 0 Å². The van der Waals surface area contributed by atoms with Crippen LogP contribution in [-0.4, -0.2) is 4.57 Å². The molecule has 282 valence electrons. The van der Waals surface area contributed by atoms with Gasteiger partial charge in [-0.3, -0.25) is 0 Å². The molecule has 0 bridgehead atoms. The van der Waals surface area contributed by atoms with E-state index in [0.717, 1.165) is 28.3 Å². The number of fused-ring (bicyclic) bond motifs is 4. The van der Waals surface area contributed by atoms with E-state index in [2.05, 4.69) is 252 Å². The number of anilines is 3. The van der Waals surface area contributed by atoms with Gasteiger partial charge in [0.25, 0.3) is 0 Å². The smallest absolute Gasteiger partial charge is 0.0547 e. The van der Waals surface area contributed by atoms with E-state index in [1.165, 1.54) is 71.5 Å². The standard InChI is InChI=1S/C58H40N2/c1-3-15-41(16-4-1)46-20-12-25-52(39-46)59(51-35-33-43(34-36-51)48-32-31-42-17-7-8-18-44(42)37-48)53-26-13-21-47(40-53)45-19-11-22-49(38-45)54-28-14-30-57-58(54)55-27-9-10-29-56(55)60(57)50-23-5-2-6-24-50/h1-40H. The Morgan fingerprint density at radius 2 is 0.800 bits per heavy atom. The lowest BCUT2D eigenvalue weighted by atomic mass is 9.95. The molecule has 0 radical (unpaired) electrons. The van der Waals surface area contributed by atoms with Crippen molar-refractivity contribution in [2.24, 2.45) is 0 Å². The molecule has 11 rings (SSSR count). The lowest BCUT2D eigenvalue weighted by molar-refractivity contribution is 1.18. The fourth-order valence-corrected chi connectivity index (χ4v) is 8.88. The first-order valence-corrected chi connectivity index (χ1v) is 20.6. The molecule has 0 spiro atoms. The number of aromatic nitrogens is 1. The Morgan fingerprint density at radius 3 is 1.57 bits per heavy atom. The zero-order valence-corrected chi connectivity index (χ0v) is 33.0. The Balaban J connectivity index is 1.01. The Labute approximate surface area is 350 Å². The Morgan fingerprint density at radius 1 is 0.283 bits per heavy atom. The lowest BCUT2D eigenvalue weighted by Crippen LogP contribution is -2.10. The predicted octanol–water partition coefficient (Wildman–Crippen LogP) is 16.1. The van der Waals surface area contributed by atoms with Crippen molar-refractivity contribution >= 4 is 49.6 Å². The van der Waals surface area contributed by atoms with Crippen LogP contribution in [0.2, 0.25) is 0 Å². The second kappa shape index (κ2) is 15.1. The van der Waals surface area contributed by atoms with Gasteiger partial charge in [0.1, 0.15) is 0 Å². The highest BCUT2D eigenvalue weighted by Gasteiger charge is 2.18. The maximum atomic E-state index is 2.39. The van der Waals surface area contributed by atoms with Crippen molar-refractivity contribution in [1.29, 1.82) is 0 Å². The quantitative estimate of drug-likeness (QED) is 0.150. The third-order valence-electron chi connectivity index (χ3n) is 11.7. The molecule has 2 heteroatoms. The van der Waals surface area contributed by atoms with Crippen molar-refractivity contribution in [1.82, 2.24) is 4.57 Å².